The van der Waals surface area contributed by atoms with Crippen LogP contribution in [0.15, 0.2) is 48.5 Å². The summed E-state index contributed by atoms with van der Waals surface area (Å²) in [5.74, 6) is -0.511. The zero-order chi connectivity index (χ0) is 19.9. The smallest absolute Gasteiger partial charge is 0.239 e. The molecule has 0 spiro atoms. The van der Waals surface area contributed by atoms with Crippen LogP contribution in [0.25, 0.3) is 10.2 Å². The van der Waals surface area contributed by atoms with E-state index in [1.807, 2.05) is 49.4 Å². The Bertz CT molecular complexity index is 956. The maximum absolute atomic E-state index is 12.2. The molecule has 0 aliphatic rings. The quantitative estimate of drug-likeness (QED) is 0.578. The van der Waals surface area contributed by atoms with E-state index in [0.717, 1.165) is 26.4 Å². The number of amides is 1. The van der Waals surface area contributed by atoms with Crippen LogP contribution in [0.1, 0.15) is 16.1 Å². The van der Waals surface area contributed by atoms with E-state index in [9.17, 15) is 9.59 Å². The Morgan fingerprint density at radius 2 is 2.00 bits per heavy atom. The second-order valence-electron chi connectivity index (χ2n) is 6.62. The number of hydrogen-bond donors (Lipinski definition) is 2. The summed E-state index contributed by atoms with van der Waals surface area (Å²) in [6, 6.07) is 14.8. The lowest BCUT2D eigenvalue weighted by atomic mass is 10.2. The number of nitrogens with one attached hydrogen (secondary N) is 1. The predicted octanol–water partition coefficient (Wildman–Crippen LogP) is 2.38. The Morgan fingerprint density at radius 1 is 1.21 bits per heavy atom. The highest BCUT2D eigenvalue weighted by Gasteiger charge is 2.16. The molecule has 7 heteroatoms. The first-order chi connectivity index (χ1) is 13.5. The second-order valence-corrected chi connectivity index (χ2v) is 7.73. The molecule has 28 heavy (non-hydrogen) atoms. The van der Waals surface area contributed by atoms with E-state index in [1.165, 1.54) is 11.3 Å². The van der Waals surface area contributed by atoms with Gasteiger partial charge in [0.05, 0.1) is 36.4 Å². The SMILES string of the molecule is Cc1ccc2nc(CC(=O)CNC(=O)[C@@H](N)COCc3ccccc3)sc2c1. The normalized spacial score (nSPS) is 12.1. The molecule has 0 radical (unpaired) electrons. The third-order valence-corrected chi connectivity index (χ3v) is 5.16. The van der Waals surface area contributed by atoms with Crippen molar-refractivity contribution in [2.24, 2.45) is 5.73 Å². The number of fused-ring (bicyclic) bond motifs is 1. The van der Waals surface area contributed by atoms with Crippen LogP contribution in [-0.2, 0) is 27.4 Å². The minimum Gasteiger partial charge on any atom is -0.375 e. The molecular formula is C21H23N3O3S. The van der Waals surface area contributed by atoms with Gasteiger partial charge in [-0.1, -0.05) is 36.4 Å². The highest BCUT2D eigenvalue weighted by Crippen LogP contribution is 2.23. The van der Waals surface area contributed by atoms with E-state index in [-0.39, 0.29) is 25.4 Å². The van der Waals surface area contributed by atoms with Crippen molar-refractivity contribution < 1.29 is 14.3 Å². The molecule has 0 bridgehead atoms. The van der Waals surface area contributed by atoms with Crippen LogP contribution < -0.4 is 11.1 Å². The van der Waals surface area contributed by atoms with Gasteiger partial charge in [-0.2, -0.15) is 0 Å². The van der Waals surface area contributed by atoms with Gasteiger partial charge >= 0.3 is 0 Å². The van der Waals surface area contributed by atoms with Gasteiger partial charge in [0.25, 0.3) is 0 Å². The third-order valence-electron chi connectivity index (χ3n) is 4.14. The Morgan fingerprint density at radius 3 is 2.79 bits per heavy atom. The molecule has 0 fully saturated rings. The largest absolute Gasteiger partial charge is 0.375 e. The van der Waals surface area contributed by atoms with Crippen LogP contribution >= 0.6 is 11.3 Å². The van der Waals surface area contributed by atoms with Crippen molar-refractivity contribution in [3.63, 3.8) is 0 Å². The van der Waals surface area contributed by atoms with Crippen molar-refractivity contribution in [2.45, 2.75) is 26.0 Å². The van der Waals surface area contributed by atoms with Gasteiger partial charge in [-0.05, 0) is 30.2 Å². The number of carbonyl (C=O) groups is 2. The van der Waals surface area contributed by atoms with Crippen molar-refractivity contribution in [2.75, 3.05) is 13.2 Å². The van der Waals surface area contributed by atoms with Gasteiger partial charge in [0, 0.05) is 0 Å². The second kappa shape index (κ2) is 9.54. The topological polar surface area (TPSA) is 94.3 Å². The molecule has 146 valence electrons. The number of aromatic nitrogens is 1. The van der Waals surface area contributed by atoms with Crippen molar-refractivity contribution in [1.82, 2.24) is 10.3 Å². The molecule has 1 aromatic heterocycles. The van der Waals surface area contributed by atoms with Gasteiger partial charge in [-0.25, -0.2) is 4.98 Å². The molecule has 0 aliphatic heterocycles. The van der Waals surface area contributed by atoms with Gasteiger partial charge in [-0.3, -0.25) is 9.59 Å². The number of ketones is 1. The van der Waals surface area contributed by atoms with Crippen molar-refractivity contribution in [1.29, 1.82) is 0 Å². The summed E-state index contributed by atoms with van der Waals surface area (Å²) >= 11 is 1.50. The first kappa shape index (κ1) is 20.1. The van der Waals surface area contributed by atoms with E-state index in [0.29, 0.717) is 6.61 Å². The third kappa shape index (κ3) is 5.69. The Balaban J connectivity index is 1.40. The maximum Gasteiger partial charge on any atom is 0.239 e. The molecule has 3 rings (SSSR count). The van der Waals surface area contributed by atoms with E-state index in [4.69, 9.17) is 10.5 Å². The molecule has 0 saturated carbocycles. The zero-order valence-corrected chi connectivity index (χ0v) is 16.5. The highest BCUT2D eigenvalue weighted by molar-refractivity contribution is 7.18. The molecule has 0 aliphatic carbocycles. The number of nitrogens with two attached hydrogens (primary N) is 1. The van der Waals surface area contributed by atoms with E-state index in [2.05, 4.69) is 16.4 Å². The van der Waals surface area contributed by atoms with E-state index < -0.39 is 11.9 Å². The number of nitrogens with zero attached hydrogens (tertiary/aromatic N) is 1. The van der Waals surface area contributed by atoms with Gasteiger partial charge in [-0.15, -0.1) is 11.3 Å². The maximum atomic E-state index is 12.2. The number of aryl methyl sites for hydroxylation is 1. The van der Waals surface area contributed by atoms with Gasteiger partial charge in [0.1, 0.15) is 11.0 Å². The molecule has 1 heterocycles. The van der Waals surface area contributed by atoms with Gasteiger partial charge in [0.15, 0.2) is 5.78 Å². The molecule has 0 unspecified atom stereocenters. The number of carbonyl (C=O) groups excluding carboxylic acids is 2. The van der Waals surface area contributed by atoms with Crippen LogP contribution in [0.2, 0.25) is 0 Å². The number of hydrogen-bond acceptors (Lipinski definition) is 6. The fourth-order valence-corrected chi connectivity index (χ4v) is 3.75. The van der Waals surface area contributed by atoms with Crippen molar-refractivity contribution in [3.8, 4) is 0 Å². The fraction of sp³-hybridized carbons (Fsp3) is 0.286. The molecule has 1 atom stereocenters. The highest BCUT2D eigenvalue weighted by atomic mass is 32.1. The summed E-state index contributed by atoms with van der Waals surface area (Å²) in [6.45, 7) is 2.43. The van der Waals surface area contributed by atoms with Gasteiger partial charge in [0.2, 0.25) is 5.91 Å². The summed E-state index contributed by atoms with van der Waals surface area (Å²) in [7, 11) is 0. The standard InChI is InChI=1S/C21H23N3O3S/c1-14-7-8-18-19(9-14)28-20(24-18)10-16(25)11-23-21(26)17(22)13-27-12-15-5-3-2-4-6-15/h2-9,17H,10-13,22H2,1H3,(H,23,26)/t17-/m0/s1. The van der Waals surface area contributed by atoms with E-state index in [1.54, 1.807) is 0 Å². The lowest BCUT2D eigenvalue weighted by Gasteiger charge is -2.12. The molecule has 6 nitrogen and oxygen atoms in total. The summed E-state index contributed by atoms with van der Waals surface area (Å²) < 4.78 is 6.53. The lowest BCUT2D eigenvalue weighted by molar-refractivity contribution is -0.126. The van der Waals surface area contributed by atoms with Crippen LogP contribution in [0.4, 0.5) is 0 Å². The average molecular weight is 398 g/mol. The van der Waals surface area contributed by atoms with Crippen LogP contribution in [0.5, 0.6) is 0 Å². The Kier molecular flexibility index (Phi) is 6.86. The summed E-state index contributed by atoms with van der Waals surface area (Å²) in [5.41, 5.74) is 8.88. The van der Waals surface area contributed by atoms with Crippen LogP contribution in [0.3, 0.4) is 0 Å². The molecular weight excluding hydrogens is 374 g/mol. The fourth-order valence-electron chi connectivity index (χ4n) is 2.66. The average Bonchev–Trinajstić information content (AvgIpc) is 3.08. The number of ether oxygens (including phenoxy) is 1. The minimum atomic E-state index is -0.818. The number of Topliss-reactive ketones (excluding diaryl/α,β-unsaturated/α-hetero) is 1. The Labute approximate surface area is 167 Å². The molecule has 3 N–H and O–H groups in total. The first-order valence-electron chi connectivity index (χ1n) is 9.04. The Hall–Kier alpha value is -2.61. The number of rotatable bonds is 9. The predicted molar refractivity (Wildman–Crippen MR) is 110 cm³/mol. The monoisotopic (exact) mass is 397 g/mol. The summed E-state index contributed by atoms with van der Waals surface area (Å²) in [4.78, 5) is 28.7. The van der Waals surface area contributed by atoms with Gasteiger partial charge < -0.3 is 15.8 Å². The molecule has 1 amide bonds. The summed E-state index contributed by atoms with van der Waals surface area (Å²) in [5, 5.41) is 3.32. The first-order valence-corrected chi connectivity index (χ1v) is 9.85. The van der Waals surface area contributed by atoms with Crippen molar-refractivity contribution in [3.05, 3.63) is 64.7 Å². The summed E-state index contributed by atoms with van der Waals surface area (Å²) in [6.07, 6.45) is 0.193. The van der Waals surface area contributed by atoms with E-state index >= 15 is 0 Å². The molecule has 3 aromatic rings. The minimum absolute atomic E-state index is 0.0693. The van der Waals surface area contributed by atoms with Crippen LogP contribution in [0, 0.1) is 6.92 Å². The van der Waals surface area contributed by atoms with Crippen LogP contribution in [-0.4, -0.2) is 35.9 Å². The number of thiazole rings is 1. The van der Waals surface area contributed by atoms with Crippen molar-refractivity contribution >= 4 is 33.2 Å². The molecule has 2 aromatic carbocycles. The zero-order valence-electron chi connectivity index (χ0n) is 15.7. The number of benzene rings is 2. The molecule has 0 saturated heterocycles. The lowest BCUT2D eigenvalue weighted by Crippen LogP contribution is -2.45.